The summed E-state index contributed by atoms with van der Waals surface area (Å²) in [5.41, 5.74) is 2.81. The van der Waals surface area contributed by atoms with Crippen molar-refractivity contribution in [2.75, 3.05) is 11.9 Å². The number of carbonyl (C=O) groups excluding carboxylic acids is 2. The average molecular weight is 633 g/mol. The predicted octanol–water partition coefficient (Wildman–Crippen LogP) is 6.90. The number of hydrogen-bond donors (Lipinski definition) is 1. The van der Waals surface area contributed by atoms with Crippen molar-refractivity contribution < 1.29 is 9.59 Å². The molecule has 30 heavy (non-hydrogen) atoms. The van der Waals surface area contributed by atoms with Crippen molar-refractivity contribution in [3.05, 3.63) is 65.8 Å². The highest BCUT2D eigenvalue weighted by Crippen LogP contribution is 2.35. The maximum absolute atomic E-state index is 12.7. The Labute approximate surface area is 210 Å². The second kappa shape index (κ2) is 10.5. The maximum Gasteiger partial charge on any atom is 0.266 e. The third kappa shape index (κ3) is 6.03. The molecule has 3 rings (SSSR count). The number of benzene rings is 2. The summed E-state index contributed by atoms with van der Waals surface area (Å²) in [6.45, 7) is 2.43. The average Bonchev–Trinajstić information content (AvgIpc) is 2.94. The lowest BCUT2D eigenvalue weighted by atomic mass is 10.1. The van der Waals surface area contributed by atoms with Gasteiger partial charge in [0, 0.05) is 26.4 Å². The molecule has 2 amide bonds. The molecule has 0 spiro atoms. The van der Waals surface area contributed by atoms with E-state index in [2.05, 4.69) is 53.1 Å². The summed E-state index contributed by atoms with van der Waals surface area (Å²) in [6.07, 6.45) is 2.65. The molecule has 156 valence electrons. The number of amides is 2. The maximum atomic E-state index is 12.7. The van der Waals surface area contributed by atoms with Crippen LogP contribution in [0.3, 0.4) is 0 Å². The van der Waals surface area contributed by atoms with Gasteiger partial charge in [0.15, 0.2) is 0 Å². The van der Waals surface area contributed by atoms with E-state index >= 15 is 0 Å². The molecule has 1 N–H and O–H groups in total. The molecular weight excluding hydrogens is 616 g/mol. The topological polar surface area (TPSA) is 49.4 Å². The number of nitrogens with one attached hydrogen (secondary N) is 1. The first-order chi connectivity index (χ1) is 14.2. The number of hydrogen-bond acceptors (Lipinski definition) is 4. The van der Waals surface area contributed by atoms with Crippen LogP contribution in [0.2, 0.25) is 0 Å². The van der Waals surface area contributed by atoms with Gasteiger partial charge in [-0.25, -0.2) is 0 Å². The van der Waals surface area contributed by atoms with Gasteiger partial charge >= 0.3 is 0 Å². The Morgan fingerprint density at radius 3 is 2.43 bits per heavy atom. The van der Waals surface area contributed by atoms with Crippen LogP contribution in [0.15, 0.2) is 54.7 Å². The van der Waals surface area contributed by atoms with Gasteiger partial charge in [0.25, 0.3) is 5.91 Å². The predicted molar refractivity (Wildman–Crippen MR) is 138 cm³/mol. The van der Waals surface area contributed by atoms with Crippen LogP contribution in [0.25, 0.3) is 6.08 Å². The molecule has 0 radical (unpaired) electrons. The summed E-state index contributed by atoms with van der Waals surface area (Å²) < 4.78 is 2.97. The Balaban J connectivity index is 1.56. The molecule has 4 nitrogen and oxygen atoms in total. The fraction of sp³-hybridized carbons (Fsp3) is 0.190. The lowest BCUT2D eigenvalue weighted by Crippen LogP contribution is -2.29. The van der Waals surface area contributed by atoms with Crippen molar-refractivity contribution in [2.45, 2.75) is 19.8 Å². The van der Waals surface area contributed by atoms with Crippen LogP contribution >= 0.6 is 71.8 Å². The van der Waals surface area contributed by atoms with E-state index in [0.717, 1.165) is 19.0 Å². The fourth-order valence-electron chi connectivity index (χ4n) is 2.77. The van der Waals surface area contributed by atoms with Gasteiger partial charge in [0.2, 0.25) is 5.91 Å². The molecule has 0 aliphatic carbocycles. The summed E-state index contributed by atoms with van der Waals surface area (Å²) in [5.74, 6) is -0.233. The highest BCUT2D eigenvalue weighted by Gasteiger charge is 2.31. The minimum Gasteiger partial charge on any atom is -0.324 e. The van der Waals surface area contributed by atoms with Crippen molar-refractivity contribution in [3.63, 3.8) is 0 Å². The van der Waals surface area contributed by atoms with E-state index in [1.807, 2.05) is 49.4 Å². The third-order valence-electron chi connectivity index (χ3n) is 4.31. The summed E-state index contributed by atoms with van der Waals surface area (Å²) >= 11 is 17.0. The molecular formula is C21H17Br3N2O2S2. The van der Waals surface area contributed by atoms with Crippen molar-refractivity contribution in [1.82, 2.24) is 4.90 Å². The molecule has 1 saturated heterocycles. The Kier molecular flexibility index (Phi) is 8.31. The second-order valence-corrected chi connectivity index (χ2v) is 10.9. The number of thiocarbonyl (C=S) groups is 1. The molecule has 0 bridgehead atoms. The van der Waals surface area contributed by atoms with Gasteiger partial charge in [0.05, 0.1) is 10.6 Å². The smallest absolute Gasteiger partial charge is 0.266 e. The zero-order chi connectivity index (χ0) is 21.8. The van der Waals surface area contributed by atoms with Gasteiger partial charge in [-0.15, -0.1) is 0 Å². The molecule has 2 aromatic rings. The standard InChI is InChI=1S/C21H17Br3N2O2S2/c1-12-4-6-13(7-5-12)9-17-20(28)26(21(29)30-17)8-2-3-18(27)25-19-15(23)10-14(22)11-16(19)24/h4-7,9-11H,2-3,8H2,1H3,(H,25,27)/b17-9+. The largest absolute Gasteiger partial charge is 0.324 e. The minimum atomic E-state index is -0.126. The summed E-state index contributed by atoms with van der Waals surface area (Å²) in [6, 6.07) is 11.7. The number of aryl methyl sites for hydroxylation is 1. The fourth-order valence-corrected chi connectivity index (χ4v) is 6.53. The van der Waals surface area contributed by atoms with E-state index in [-0.39, 0.29) is 18.2 Å². The van der Waals surface area contributed by atoms with Crippen LogP contribution in [0.1, 0.15) is 24.0 Å². The van der Waals surface area contributed by atoms with Crippen molar-refractivity contribution in [3.8, 4) is 0 Å². The Bertz CT molecular complexity index is 1020. The molecule has 2 aromatic carbocycles. The Morgan fingerprint density at radius 1 is 1.17 bits per heavy atom. The van der Waals surface area contributed by atoms with Crippen molar-refractivity contribution >= 4 is 99.7 Å². The third-order valence-corrected chi connectivity index (χ3v) is 7.39. The number of halogens is 3. The molecule has 1 heterocycles. The van der Waals surface area contributed by atoms with E-state index < -0.39 is 0 Å². The molecule has 9 heteroatoms. The van der Waals surface area contributed by atoms with Crippen LogP contribution in [0.5, 0.6) is 0 Å². The first-order valence-electron chi connectivity index (χ1n) is 9.01. The molecule has 0 atom stereocenters. The summed E-state index contributed by atoms with van der Waals surface area (Å²) in [5, 5.41) is 2.89. The van der Waals surface area contributed by atoms with Crippen LogP contribution in [0, 0.1) is 6.92 Å². The molecule has 0 unspecified atom stereocenters. The Morgan fingerprint density at radius 2 is 1.80 bits per heavy atom. The minimum absolute atomic E-state index is 0.107. The Hall–Kier alpha value is -1.00. The summed E-state index contributed by atoms with van der Waals surface area (Å²) in [7, 11) is 0. The van der Waals surface area contributed by atoms with E-state index in [1.165, 1.54) is 17.3 Å². The van der Waals surface area contributed by atoms with Gasteiger partial charge in [-0.1, -0.05) is 69.7 Å². The highest BCUT2D eigenvalue weighted by molar-refractivity contribution is 9.11. The monoisotopic (exact) mass is 630 g/mol. The molecule has 1 aliphatic heterocycles. The van der Waals surface area contributed by atoms with E-state index in [0.29, 0.717) is 27.9 Å². The van der Waals surface area contributed by atoms with Crippen LogP contribution in [-0.4, -0.2) is 27.6 Å². The lowest BCUT2D eigenvalue weighted by Gasteiger charge is -2.14. The van der Waals surface area contributed by atoms with Crippen molar-refractivity contribution in [1.29, 1.82) is 0 Å². The van der Waals surface area contributed by atoms with Gasteiger partial charge in [-0.3, -0.25) is 14.5 Å². The van der Waals surface area contributed by atoms with E-state index in [1.54, 1.807) is 4.90 Å². The zero-order valence-electron chi connectivity index (χ0n) is 15.9. The SMILES string of the molecule is Cc1ccc(/C=C2/SC(=S)N(CCCC(=O)Nc3c(Br)cc(Br)cc3Br)C2=O)cc1. The summed E-state index contributed by atoms with van der Waals surface area (Å²) in [4.78, 5) is 27.2. The van der Waals surface area contributed by atoms with E-state index in [4.69, 9.17) is 12.2 Å². The number of rotatable bonds is 6. The molecule has 0 saturated carbocycles. The van der Waals surface area contributed by atoms with Gasteiger partial charge in [-0.2, -0.15) is 0 Å². The first kappa shape index (κ1) is 23.7. The molecule has 1 fully saturated rings. The number of nitrogens with zero attached hydrogens (tertiary/aromatic N) is 1. The highest BCUT2D eigenvalue weighted by atomic mass is 79.9. The van der Waals surface area contributed by atoms with Crippen molar-refractivity contribution in [2.24, 2.45) is 0 Å². The quantitative estimate of drug-likeness (QED) is 0.278. The number of anilines is 1. The van der Waals surface area contributed by atoms with Gasteiger partial charge in [-0.05, 0) is 69.0 Å². The normalized spacial score (nSPS) is 15.2. The first-order valence-corrected chi connectivity index (χ1v) is 12.6. The number of carbonyl (C=O) groups is 2. The number of thioether (sulfide) groups is 1. The van der Waals surface area contributed by atoms with Crippen LogP contribution in [0.4, 0.5) is 5.69 Å². The second-order valence-electron chi connectivity index (χ2n) is 6.64. The zero-order valence-corrected chi connectivity index (χ0v) is 22.3. The molecule has 0 aromatic heterocycles. The van der Waals surface area contributed by atoms with Gasteiger partial charge < -0.3 is 5.32 Å². The molecule has 1 aliphatic rings. The van der Waals surface area contributed by atoms with Gasteiger partial charge in [0.1, 0.15) is 4.32 Å². The lowest BCUT2D eigenvalue weighted by molar-refractivity contribution is -0.122. The van der Waals surface area contributed by atoms with E-state index in [9.17, 15) is 9.59 Å². The van der Waals surface area contributed by atoms with Crippen LogP contribution in [-0.2, 0) is 9.59 Å². The van der Waals surface area contributed by atoms with Crippen LogP contribution < -0.4 is 5.32 Å².